The van der Waals surface area contributed by atoms with Gasteiger partial charge in [0.1, 0.15) is 6.10 Å². The molecule has 290 valence electrons. The maximum Gasteiger partial charge on any atom is 0.220 e. The van der Waals surface area contributed by atoms with Gasteiger partial charge in [-0.25, -0.2) is 0 Å². The van der Waals surface area contributed by atoms with Gasteiger partial charge in [0.15, 0.2) is 0 Å². The van der Waals surface area contributed by atoms with Gasteiger partial charge in [-0.15, -0.1) is 0 Å². The molecule has 3 atom stereocenters. The Morgan fingerprint density at radius 3 is 1.18 bits per heavy atom. The molecule has 0 fully saturated rings. The van der Waals surface area contributed by atoms with E-state index in [1.165, 1.54) is 161 Å². The summed E-state index contributed by atoms with van der Waals surface area (Å²) in [5.74, 6) is -0.158. The first-order valence-electron chi connectivity index (χ1n) is 21.6. The fraction of sp³-hybridized carbons (Fsp3) is 0.886. The quantitative estimate of drug-likeness (QED) is 0.0381. The lowest BCUT2D eigenvalue weighted by atomic mass is 10.0. The SMILES string of the molecule is CCCCCCCCCC/C=C/CCCC(O)C(O)C(CO)NC(=O)CCCCCCCCC/C=C\CCCCCCCCCCCCC. The maximum atomic E-state index is 12.4. The average Bonchev–Trinajstić information content (AvgIpc) is 3.10. The standard InChI is InChI=1S/C44H85NO4/c1-3-5-7-9-11-13-15-17-18-19-20-21-22-23-24-25-27-29-31-33-35-37-39-43(48)45-41(40-46)44(49)42(47)38-36-34-32-30-28-26-16-14-12-10-8-6-4-2/h22-23,30,32,41-42,44,46-47,49H,3-21,24-29,31,33-40H2,1-2H3,(H,45,48)/b23-22-,32-30+. The number of amides is 1. The molecule has 0 bridgehead atoms. The summed E-state index contributed by atoms with van der Waals surface area (Å²) < 4.78 is 0. The molecule has 0 rings (SSSR count). The number of carbonyl (C=O) groups excluding carboxylic acids is 1. The van der Waals surface area contributed by atoms with Gasteiger partial charge < -0.3 is 20.6 Å². The van der Waals surface area contributed by atoms with E-state index in [1.54, 1.807) is 0 Å². The van der Waals surface area contributed by atoms with E-state index in [4.69, 9.17) is 0 Å². The molecule has 0 aliphatic rings. The molecular weight excluding hydrogens is 606 g/mol. The van der Waals surface area contributed by atoms with Gasteiger partial charge in [0.2, 0.25) is 5.91 Å². The zero-order chi connectivity index (χ0) is 35.9. The predicted molar refractivity (Wildman–Crippen MR) is 213 cm³/mol. The average molecular weight is 692 g/mol. The van der Waals surface area contributed by atoms with Gasteiger partial charge in [-0.2, -0.15) is 0 Å². The van der Waals surface area contributed by atoms with Crippen LogP contribution in [0.2, 0.25) is 0 Å². The van der Waals surface area contributed by atoms with Gasteiger partial charge in [0.25, 0.3) is 0 Å². The number of unbranched alkanes of at least 4 members (excludes halogenated alkanes) is 27. The lowest BCUT2D eigenvalue weighted by Gasteiger charge is -2.26. The number of hydrogen-bond acceptors (Lipinski definition) is 4. The van der Waals surface area contributed by atoms with Crippen LogP contribution in [0.15, 0.2) is 24.3 Å². The second kappa shape index (κ2) is 39.6. The minimum Gasteiger partial charge on any atom is -0.394 e. The first kappa shape index (κ1) is 47.8. The van der Waals surface area contributed by atoms with E-state index in [2.05, 4.69) is 43.5 Å². The van der Waals surface area contributed by atoms with Crippen molar-refractivity contribution >= 4 is 5.91 Å². The molecule has 0 spiro atoms. The first-order chi connectivity index (χ1) is 24.1. The number of allylic oxidation sites excluding steroid dienone is 4. The summed E-state index contributed by atoms with van der Waals surface area (Å²) >= 11 is 0. The molecule has 5 nitrogen and oxygen atoms in total. The Kier molecular flexibility index (Phi) is 38.7. The van der Waals surface area contributed by atoms with Crippen molar-refractivity contribution < 1.29 is 20.1 Å². The lowest BCUT2D eigenvalue weighted by Crippen LogP contribution is -2.50. The normalized spacial score (nSPS) is 13.8. The van der Waals surface area contributed by atoms with E-state index in [0.717, 1.165) is 38.5 Å². The third-order valence-electron chi connectivity index (χ3n) is 10.0. The number of aliphatic hydroxyl groups excluding tert-OH is 3. The smallest absolute Gasteiger partial charge is 0.220 e. The summed E-state index contributed by atoms with van der Waals surface area (Å²) in [7, 11) is 0. The number of aliphatic hydroxyl groups is 3. The number of nitrogens with one attached hydrogen (secondary N) is 1. The van der Waals surface area contributed by atoms with Gasteiger partial charge in [0.05, 0.1) is 18.8 Å². The van der Waals surface area contributed by atoms with Crippen LogP contribution < -0.4 is 5.32 Å². The highest BCUT2D eigenvalue weighted by Crippen LogP contribution is 2.15. The van der Waals surface area contributed by atoms with Crippen LogP contribution in [0.5, 0.6) is 0 Å². The summed E-state index contributed by atoms with van der Waals surface area (Å²) in [6.45, 7) is 4.16. The summed E-state index contributed by atoms with van der Waals surface area (Å²) in [5, 5.41) is 33.4. The second-order valence-electron chi connectivity index (χ2n) is 14.9. The molecule has 0 aliphatic heterocycles. The van der Waals surface area contributed by atoms with Crippen LogP contribution in [0.4, 0.5) is 0 Å². The topological polar surface area (TPSA) is 89.8 Å². The molecule has 1 amide bonds. The Bertz CT molecular complexity index is 724. The number of rotatable bonds is 39. The molecule has 0 aromatic carbocycles. The summed E-state index contributed by atoms with van der Waals surface area (Å²) in [5.41, 5.74) is 0. The molecule has 49 heavy (non-hydrogen) atoms. The van der Waals surface area contributed by atoms with Gasteiger partial charge >= 0.3 is 0 Å². The Hall–Kier alpha value is -1.17. The van der Waals surface area contributed by atoms with Crippen LogP contribution in [0.3, 0.4) is 0 Å². The third-order valence-corrected chi connectivity index (χ3v) is 10.0. The Morgan fingerprint density at radius 1 is 0.490 bits per heavy atom. The molecular formula is C44H85NO4. The van der Waals surface area contributed by atoms with Gasteiger partial charge in [0, 0.05) is 6.42 Å². The van der Waals surface area contributed by atoms with E-state index in [1.807, 2.05) is 0 Å². The predicted octanol–water partition coefficient (Wildman–Crippen LogP) is 12.2. The van der Waals surface area contributed by atoms with Crippen LogP contribution in [0.25, 0.3) is 0 Å². The van der Waals surface area contributed by atoms with Gasteiger partial charge in [-0.05, 0) is 64.2 Å². The number of carbonyl (C=O) groups is 1. The molecule has 0 heterocycles. The third kappa shape index (κ3) is 35.0. The zero-order valence-electron chi connectivity index (χ0n) is 32.8. The molecule has 0 saturated heterocycles. The van der Waals surface area contributed by atoms with Crippen molar-refractivity contribution in [1.29, 1.82) is 0 Å². The Morgan fingerprint density at radius 2 is 0.816 bits per heavy atom. The fourth-order valence-corrected chi connectivity index (χ4v) is 6.63. The number of hydrogen-bond donors (Lipinski definition) is 4. The summed E-state index contributed by atoms with van der Waals surface area (Å²) in [6, 6.07) is -0.825. The van der Waals surface area contributed by atoms with E-state index in [-0.39, 0.29) is 12.5 Å². The van der Waals surface area contributed by atoms with Crippen molar-refractivity contribution in [3.05, 3.63) is 24.3 Å². The minimum atomic E-state index is -1.16. The van der Waals surface area contributed by atoms with E-state index >= 15 is 0 Å². The highest BCUT2D eigenvalue weighted by Gasteiger charge is 2.26. The fourth-order valence-electron chi connectivity index (χ4n) is 6.63. The second-order valence-corrected chi connectivity index (χ2v) is 14.9. The van der Waals surface area contributed by atoms with Crippen LogP contribution in [-0.2, 0) is 4.79 Å². The molecule has 0 radical (unpaired) electrons. The van der Waals surface area contributed by atoms with Crippen LogP contribution in [0.1, 0.15) is 226 Å². The van der Waals surface area contributed by atoms with Crippen LogP contribution >= 0.6 is 0 Å². The maximum absolute atomic E-state index is 12.4. The van der Waals surface area contributed by atoms with E-state index in [0.29, 0.717) is 12.8 Å². The largest absolute Gasteiger partial charge is 0.394 e. The van der Waals surface area contributed by atoms with Crippen molar-refractivity contribution in [2.75, 3.05) is 6.61 Å². The van der Waals surface area contributed by atoms with Crippen molar-refractivity contribution in [2.24, 2.45) is 0 Å². The molecule has 4 N–H and O–H groups in total. The molecule has 0 saturated carbocycles. The first-order valence-corrected chi connectivity index (χ1v) is 21.6. The molecule has 3 unspecified atom stereocenters. The summed E-state index contributed by atoms with van der Waals surface area (Å²) in [6.07, 6.45) is 47.2. The van der Waals surface area contributed by atoms with Gasteiger partial charge in [-0.3, -0.25) is 4.79 Å². The Balaban J connectivity index is 3.64. The van der Waals surface area contributed by atoms with Crippen LogP contribution in [-0.4, -0.2) is 46.1 Å². The highest BCUT2D eigenvalue weighted by atomic mass is 16.3. The highest BCUT2D eigenvalue weighted by molar-refractivity contribution is 5.76. The summed E-state index contributed by atoms with van der Waals surface area (Å²) in [4.78, 5) is 12.4. The van der Waals surface area contributed by atoms with Crippen LogP contribution in [0, 0.1) is 0 Å². The molecule has 5 heteroatoms. The minimum absolute atomic E-state index is 0.158. The zero-order valence-corrected chi connectivity index (χ0v) is 32.8. The lowest BCUT2D eigenvalue weighted by molar-refractivity contribution is -0.124. The monoisotopic (exact) mass is 692 g/mol. The van der Waals surface area contributed by atoms with E-state index in [9.17, 15) is 20.1 Å². The Labute approximate surface area is 305 Å². The van der Waals surface area contributed by atoms with Crippen molar-refractivity contribution in [2.45, 2.75) is 244 Å². The van der Waals surface area contributed by atoms with Gasteiger partial charge in [-0.1, -0.05) is 179 Å². The van der Waals surface area contributed by atoms with E-state index < -0.39 is 18.2 Å². The molecule has 0 aromatic heterocycles. The molecule has 0 aliphatic carbocycles. The van der Waals surface area contributed by atoms with Crippen molar-refractivity contribution in [3.8, 4) is 0 Å². The molecule has 0 aromatic rings. The van der Waals surface area contributed by atoms with Crippen molar-refractivity contribution in [1.82, 2.24) is 5.32 Å². The van der Waals surface area contributed by atoms with Crippen molar-refractivity contribution in [3.63, 3.8) is 0 Å².